The van der Waals surface area contributed by atoms with E-state index in [0.717, 1.165) is 61.3 Å². The summed E-state index contributed by atoms with van der Waals surface area (Å²) in [6, 6.07) is 11.8. The number of methoxy groups -OCH3 is 1. The number of halogens is 4. The molecule has 42 heavy (non-hydrogen) atoms. The second-order valence-corrected chi connectivity index (χ2v) is 9.59. The van der Waals surface area contributed by atoms with Crippen molar-refractivity contribution in [2.75, 3.05) is 30.4 Å². The molecule has 0 bridgehead atoms. The Hall–Kier alpha value is -4.81. The summed E-state index contributed by atoms with van der Waals surface area (Å²) >= 11 is 0. The number of hydrogen-bond donors (Lipinski definition) is 1. The first kappa shape index (κ1) is 28.7. The number of benzene rings is 2. The molecule has 5 rings (SSSR count). The third-order valence-corrected chi connectivity index (χ3v) is 6.95. The maximum Gasteiger partial charge on any atom is 0.387 e. The highest BCUT2D eigenvalue weighted by Gasteiger charge is 2.28. The second kappa shape index (κ2) is 12.0. The van der Waals surface area contributed by atoms with Gasteiger partial charge in [-0.2, -0.15) is 13.5 Å². The molecule has 0 spiro atoms. The lowest BCUT2D eigenvalue weighted by atomic mass is 10.1. The van der Waals surface area contributed by atoms with E-state index in [2.05, 4.69) is 19.9 Å². The summed E-state index contributed by atoms with van der Waals surface area (Å²) in [5.41, 5.74) is -2.05. The first-order valence-corrected chi connectivity index (χ1v) is 13.1. The van der Waals surface area contributed by atoms with E-state index in [-0.39, 0.29) is 28.6 Å². The molecule has 220 valence electrons. The minimum Gasteiger partial charge on any atom is -0.497 e. The predicted molar refractivity (Wildman–Crippen MR) is 148 cm³/mol. The summed E-state index contributed by atoms with van der Waals surface area (Å²) in [5.74, 6) is -2.32. The summed E-state index contributed by atoms with van der Waals surface area (Å²) in [7, 11) is 2.67. The number of anilines is 2. The van der Waals surface area contributed by atoms with E-state index >= 15 is 8.78 Å². The van der Waals surface area contributed by atoms with Gasteiger partial charge in [0.15, 0.2) is 5.82 Å². The molecule has 2 aromatic carbocycles. The lowest BCUT2D eigenvalue weighted by molar-refractivity contribution is -0.0498. The zero-order valence-corrected chi connectivity index (χ0v) is 22.7. The molecule has 3 heterocycles. The van der Waals surface area contributed by atoms with Crippen LogP contribution in [0.4, 0.5) is 29.1 Å². The van der Waals surface area contributed by atoms with Gasteiger partial charge in [0.05, 0.1) is 12.7 Å². The van der Waals surface area contributed by atoms with Crippen LogP contribution in [0, 0.1) is 11.6 Å². The number of carbonyl (C=O) groups is 1. The van der Waals surface area contributed by atoms with Crippen molar-refractivity contribution >= 4 is 17.4 Å². The number of alkyl halides is 2. The highest BCUT2D eigenvalue weighted by molar-refractivity contribution is 6.06. The number of aromatic nitrogens is 3. The quantitative estimate of drug-likeness (QED) is 0.280. The number of nitrogens with one attached hydrogen (secondary N) is 1. The van der Waals surface area contributed by atoms with Crippen molar-refractivity contribution in [1.82, 2.24) is 14.3 Å². The molecule has 1 saturated heterocycles. The number of carbonyl (C=O) groups excluding carboxylic acids is 1. The number of ether oxygens (including phenoxy) is 2. The Kier molecular flexibility index (Phi) is 8.18. The molecule has 0 unspecified atom stereocenters. The van der Waals surface area contributed by atoms with Crippen LogP contribution in [-0.4, -0.2) is 47.1 Å². The Morgan fingerprint density at radius 1 is 0.952 bits per heavy atom. The van der Waals surface area contributed by atoms with E-state index in [4.69, 9.17) is 4.74 Å². The van der Waals surface area contributed by atoms with Crippen molar-refractivity contribution in [3.63, 3.8) is 0 Å². The van der Waals surface area contributed by atoms with Crippen LogP contribution in [0.3, 0.4) is 0 Å². The lowest BCUT2D eigenvalue weighted by Crippen LogP contribution is -2.31. The van der Waals surface area contributed by atoms with Crippen molar-refractivity contribution < 1.29 is 31.8 Å². The number of piperidine rings is 1. The van der Waals surface area contributed by atoms with Gasteiger partial charge in [-0.25, -0.2) is 13.8 Å². The van der Waals surface area contributed by atoms with Gasteiger partial charge in [-0.1, -0.05) is 6.07 Å². The number of pyridine rings is 1. The van der Waals surface area contributed by atoms with Gasteiger partial charge in [0.25, 0.3) is 11.5 Å². The molecular weight excluding hydrogens is 558 g/mol. The number of hydrogen-bond acceptors (Lipinski definition) is 6. The highest BCUT2D eigenvalue weighted by Crippen LogP contribution is 2.34. The molecule has 9 nitrogen and oxygen atoms in total. The SMILES string of the molecule is COc1cc(F)c(-c2c(NC(=O)c3ccc(OC(F)F)cc3)c(=O)n(-c3cccc(N4CCCCC4)n3)n2C)c(F)c1. The standard InChI is InChI=1S/C29H27F4N5O4/c1-36-26(24-20(30)15-19(41-2)16-21(24)31)25(35-27(39)17-9-11-18(12-10-17)42-29(32)33)28(40)38(36)23-8-6-7-22(34-23)37-13-4-3-5-14-37/h6-12,15-16,29H,3-5,13-14H2,1-2H3,(H,35,39). The van der Waals surface area contributed by atoms with Crippen LogP contribution >= 0.6 is 0 Å². The van der Waals surface area contributed by atoms with Gasteiger partial charge in [-0.05, 0) is 55.7 Å². The summed E-state index contributed by atoms with van der Waals surface area (Å²) < 4.78 is 67.3. The first-order chi connectivity index (χ1) is 20.2. The summed E-state index contributed by atoms with van der Waals surface area (Å²) in [6.45, 7) is -1.45. The molecule has 1 fully saturated rings. The maximum absolute atomic E-state index is 15.3. The lowest BCUT2D eigenvalue weighted by Gasteiger charge is -2.28. The molecule has 2 aromatic heterocycles. The van der Waals surface area contributed by atoms with E-state index < -0.39 is 41.0 Å². The van der Waals surface area contributed by atoms with Crippen molar-refractivity contribution in [3.05, 3.63) is 82.1 Å². The maximum atomic E-state index is 15.3. The molecule has 0 radical (unpaired) electrons. The first-order valence-electron chi connectivity index (χ1n) is 13.1. The van der Waals surface area contributed by atoms with Crippen LogP contribution in [0.25, 0.3) is 17.1 Å². The Labute approximate surface area is 237 Å². The van der Waals surface area contributed by atoms with Crippen molar-refractivity contribution in [3.8, 4) is 28.6 Å². The van der Waals surface area contributed by atoms with Gasteiger partial charge < -0.3 is 19.7 Å². The molecule has 1 amide bonds. The normalized spacial score (nSPS) is 13.4. The third kappa shape index (κ3) is 5.67. The van der Waals surface area contributed by atoms with Gasteiger partial charge in [0.2, 0.25) is 0 Å². The molecule has 13 heteroatoms. The van der Waals surface area contributed by atoms with Crippen LogP contribution in [0.5, 0.6) is 11.5 Å². The van der Waals surface area contributed by atoms with Gasteiger partial charge >= 0.3 is 6.61 Å². The molecule has 0 aliphatic carbocycles. The zero-order valence-electron chi connectivity index (χ0n) is 22.7. The third-order valence-electron chi connectivity index (χ3n) is 6.95. The smallest absolute Gasteiger partial charge is 0.387 e. The predicted octanol–water partition coefficient (Wildman–Crippen LogP) is 5.37. The molecule has 1 aliphatic heterocycles. The van der Waals surface area contributed by atoms with E-state index in [1.54, 1.807) is 12.1 Å². The summed E-state index contributed by atoms with van der Waals surface area (Å²) in [4.78, 5) is 33.8. The Morgan fingerprint density at radius 2 is 1.60 bits per heavy atom. The number of amides is 1. The largest absolute Gasteiger partial charge is 0.497 e. The fourth-order valence-corrected chi connectivity index (χ4v) is 4.96. The summed E-state index contributed by atoms with van der Waals surface area (Å²) in [6.07, 6.45) is 3.12. The molecule has 1 N–H and O–H groups in total. The molecule has 0 atom stereocenters. The highest BCUT2D eigenvalue weighted by atomic mass is 19.3. The van der Waals surface area contributed by atoms with Crippen LogP contribution < -0.4 is 25.2 Å². The van der Waals surface area contributed by atoms with Crippen LogP contribution in [0.2, 0.25) is 0 Å². The van der Waals surface area contributed by atoms with Gasteiger partial charge in [0.1, 0.15) is 40.3 Å². The molecule has 1 aliphatic rings. The fraction of sp³-hybridized carbons (Fsp3) is 0.276. The van der Waals surface area contributed by atoms with Crippen LogP contribution in [-0.2, 0) is 7.05 Å². The second-order valence-electron chi connectivity index (χ2n) is 9.59. The monoisotopic (exact) mass is 585 g/mol. The average Bonchev–Trinajstić information content (AvgIpc) is 3.21. The van der Waals surface area contributed by atoms with E-state index in [1.807, 2.05) is 6.07 Å². The average molecular weight is 586 g/mol. The molecular formula is C29H27F4N5O4. The minimum atomic E-state index is -3.05. The fourth-order valence-electron chi connectivity index (χ4n) is 4.96. The van der Waals surface area contributed by atoms with Crippen molar-refractivity contribution in [2.24, 2.45) is 7.05 Å². The van der Waals surface area contributed by atoms with Crippen LogP contribution in [0.1, 0.15) is 29.6 Å². The zero-order chi connectivity index (χ0) is 30.0. The minimum absolute atomic E-state index is 0.0155. The van der Waals surface area contributed by atoms with Crippen molar-refractivity contribution in [2.45, 2.75) is 25.9 Å². The Bertz CT molecular complexity index is 1640. The van der Waals surface area contributed by atoms with Crippen molar-refractivity contribution in [1.29, 1.82) is 0 Å². The Morgan fingerprint density at radius 3 is 2.21 bits per heavy atom. The van der Waals surface area contributed by atoms with Crippen LogP contribution in [0.15, 0.2) is 59.4 Å². The molecule has 0 saturated carbocycles. The van der Waals surface area contributed by atoms with Gasteiger partial charge in [-0.3, -0.25) is 14.3 Å². The van der Waals surface area contributed by atoms with E-state index in [9.17, 15) is 18.4 Å². The number of rotatable bonds is 8. The topological polar surface area (TPSA) is 90.6 Å². The Balaban J connectivity index is 1.62. The van der Waals surface area contributed by atoms with Gasteiger partial charge in [0, 0.05) is 37.8 Å². The van der Waals surface area contributed by atoms with E-state index in [0.29, 0.717) is 5.82 Å². The van der Waals surface area contributed by atoms with Gasteiger partial charge in [-0.15, -0.1) is 0 Å². The number of nitrogens with zero attached hydrogens (tertiary/aromatic N) is 4. The molecule has 4 aromatic rings. The summed E-state index contributed by atoms with van der Waals surface area (Å²) in [5, 5.41) is 2.46. The van der Waals surface area contributed by atoms with E-state index in [1.165, 1.54) is 31.0 Å².